The first-order chi connectivity index (χ1) is 6.18. The molecule has 4 N–H and O–H groups in total. The average Bonchev–Trinajstić information content (AvgIpc) is 2.10. The fraction of sp³-hybridized carbons (Fsp3) is 0.889. The summed E-state index contributed by atoms with van der Waals surface area (Å²) in [5, 5.41) is 11.6. The van der Waals surface area contributed by atoms with E-state index >= 15 is 0 Å². The number of carbonyl (C=O) groups is 1. The van der Waals surface area contributed by atoms with Crippen LogP contribution in [0.4, 0.5) is 0 Å². The van der Waals surface area contributed by atoms with Crippen molar-refractivity contribution in [3.8, 4) is 0 Å². The lowest BCUT2D eigenvalue weighted by Crippen LogP contribution is -2.33. The van der Waals surface area contributed by atoms with Gasteiger partial charge in [-0.15, -0.1) is 0 Å². The minimum absolute atomic E-state index is 0.501. The predicted octanol–water partition coefficient (Wildman–Crippen LogP) is 0.568. The maximum absolute atomic E-state index is 10.3. The van der Waals surface area contributed by atoms with Gasteiger partial charge in [-0.3, -0.25) is 4.79 Å². The molecule has 13 heavy (non-hydrogen) atoms. The first kappa shape index (κ1) is 12.4. The number of aliphatic carboxylic acids is 1. The van der Waals surface area contributed by atoms with Crippen molar-refractivity contribution in [3.05, 3.63) is 0 Å². The van der Waals surface area contributed by atoms with Crippen molar-refractivity contribution in [2.45, 2.75) is 38.6 Å². The molecule has 0 spiro atoms. The van der Waals surface area contributed by atoms with Crippen molar-refractivity contribution < 1.29 is 9.90 Å². The summed E-state index contributed by atoms with van der Waals surface area (Å²) in [6.45, 7) is 3.80. The highest BCUT2D eigenvalue weighted by Gasteiger charge is 2.09. The van der Waals surface area contributed by atoms with Crippen LogP contribution in [0.1, 0.15) is 32.6 Å². The van der Waals surface area contributed by atoms with Crippen LogP contribution < -0.4 is 11.1 Å². The molecule has 1 atom stereocenters. The van der Waals surface area contributed by atoms with Crippen molar-refractivity contribution in [2.75, 3.05) is 13.1 Å². The van der Waals surface area contributed by atoms with Gasteiger partial charge < -0.3 is 16.2 Å². The van der Waals surface area contributed by atoms with Crippen molar-refractivity contribution >= 4 is 5.97 Å². The van der Waals surface area contributed by atoms with Gasteiger partial charge in [0, 0.05) is 0 Å². The second-order valence-electron chi connectivity index (χ2n) is 3.19. The van der Waals surface area contributed by atoms with Crippen LogP contribution in [0, 0.1) is 0 Å². The maximum atomic E-state index is 10.3. The molecule has 1 unspecified atom stereocenters. The van der Waals surface area contributed by atoms with E-state index in [-0.39, 0.29) is 0 Å². The summed E-state index contributed by atoms with van der Waals surface area (Å²) in [7, 11) is 0. The standard InChI is InChI=1S/C9H20N2O2/c1-2-3-4-6-11-7-5-8(10)9(12)13/h8,11H,2-7,10H2,1H3,(H,12,13). The Morgan fingerprint density at radius 3 is 2.69 bits per heavy atom. The molecule has 4 heteroatoms. The van der Waals surface area contributed by atoms with Gasteiger partial charge in [0.05, 0.1) is 0 Å². The Kier molecular flexibility index (Phi) is 7.63. The zero-order chi connectivity index (χ0) is 10.1. The Morgan fingerprint density at radius 2 is 2.15 bits per heavy atom. The molecule has 0 amide bonds. The topological polar surface area (TPSA) is 75.3 Å². The van der Waals surface area contributed by atoms with E-state index in [1.165, 1.54) is 12.8 Å². The number of rotatable bonds is 8. The lowest BCUT2D eigenvalue weighted by Gasteiger charge is -2.07. The summed E-state index contributed by atoms with van der Waals surface area (Å²) >= 11 is 0. The number of carboxylic acid groups (broad SMARTS) is 1. The molecule has 0 aromatic carbocycles. The fourth-order valence-electron chi connectivity index (χ4n) is 1.01. The van der Waals surface area contributed by atoms with Crippen LogP contribution in [0.2, 0.25) is 0 Å². The predicted molar refractivity (Wildman–Crippen MR) is 52.6 cm³/mol. The average molecular weight is 188 g/mol. The molecule has 0 saturated heterocycles. The minimum atomic E-state index is -0.921. The molecule has 0 aromatic heterocycles. The summed E-state index contributed by atoms with van der Waals surface area (Å²) in [5.74, 6) is -0.921. The number of nitrogens with two attached hydrogens (primary N) is 1. The van der Waals surface area contributed by atoms with Gasteiger partial charge >= 0.3 is 5.97 Å². The van der Waals surface area contributed by atoms with E-state index in [4.69, 9.17) is 10.8 Å². The molecule has 0 rings (SSSR count). The second-order valence-corrected chi connectivity index (χ2v) is 3.19. The monoisotopic (exact) mass is 188 g/mol. The van der Waals surface area contributed by atoms with Gasteiger partial charge in [-0.05, 0) is 25.9 Å². The Morgan fingerprint density at radius 1 is 1.46 bits per heavy atom. The molecule has 0 radical (unpaired) electrons. The van der Waals surface area contributed by atoms with Crippen LogP contribution >= 0.6 is 0 Å². The van der Waals surface area contributed by atoms with Gasteiger partial charge in [0.1, 0.15) is 6.04 Å². The first-order valence-electron chi connectivity index (χ1n) is 4.87. The molecule has 0 heterocycles. The third kappa shape index (κ3) is 7.74. The van der Waals surface area contributed by atoms with E-state index in [0.29, 0.717) is 13.0 Å². The molecule has 0 saturated carbocycles. The van der Waals surface area contributed by atoms with Crippen LogP contribution in [0.25, 0.3) is 0 Å². The second kappa shape index (κ2) is 8.01. The molecule has 4 nitrogen and oxygen atoms in total. The van der Waals surface area contributed by atoms with Crippen LogP contribution in [0.5, 0.6) is 0 Å². The van der Waals surface area contributed by atoms with Crippen molar-refractivity contribution in [2.24, 2.45) is 5.73 Å². The molecule has 0 aliphatic rings. The zero-order valence-corrected chi connectivity index (χ0v) is 8.25. The van der Waals surface area contributed by atoms with Crippen LogP contribution in [0.15, 0.2) is 0 Å². The number of hydrogen-bond donors (Lipinski definition) is 3. The maximum Gasteiger partial charge on any atom is 0.320 e. The van der Waals surface area contributed by atoms with Gasteiger partial charge in [0.2, 0.25) is 0 Å². The normalized spacial score (nSPS) is 12.8. The van der Waals surface area contributed by atoms with Gasteiger partial charge in [-0.25, -0.2) is 0 Å². The molecule has 0 fully saturated rings. The van der Waals surface area contributed by atoms with Gasteiger partial charge in [-0.1, -0.05) is 19.8 Å². The number of hydrogen-bond acceptors (Lipinski definition) is 3. The highest BCUT2D eigenvalue weighted by atomic mass is 16.4. The number of unbranched alkanes of at least 4 members (excludes halogenated alkanes) is 2. The Labute approximate surface area is 79.5 Å². The fourth-order valence-corrected chi connectivity index (χ4v) is 1.01. The van der Waals surface area contributed by atoms with E-state index in [1.54, 1.807) is 0 Å². The summed E-state index contributed by atoms with van der Waals surface area (Å²) in [5.41, 5.74) is 5.32. The number of carboxylic acids is 1. The van der Waals surface area contributed by atoms with E-state index in [1.807, 2.05) is 0 Å². The van der Waals surface area contributed by atoms with E-state index in [0.717, 1.165) is 13.0 Å². The van der Waals surface area contributed by atoms with Crippen molar-refractivity contribution in [3.63, 3.8) is 0 Å². The van der Waals surface area contributed by atoms with Crippen molar-refractivity contribution in [1.82, 2.24) is 5.32 Å². The third-order valence-corrected chi connectivity index (χ3v) is 1.91. The van der Waals surface area contributed by atoms with Gasteiger partial charge in [-0.2, -0.15) is 0 Å². The van der Waals surface area contributed by atoms with E-state index < -0.39 is 12.0 Å². The SMILES string of the molecule is CCCCCNCCC(N)C(=O)O. The highest BCUT2D eigenvalue weighted by Crippen LogP contribution is 1.91. The Balaban J connectivity index is 3.11. The molecule has 0 aliphatic carbocycles. The quantitative estimate of drug-likeness (QED) is 0.487. The van der Waals surface area contributed by atoms with Gasteiger partial charge in [0.25, 0.3) is 0 Å². The molecule has 78 valence electrons. The largest absolute Gasteiger partial charge is 0.480 e. The Bertz CT molecular complexity index is 140. The minimum Gasteiger partial charge on any atom is -0.480 e. The summed E-state index contributed by atoms with van der Waals surface area (Å²) in [6, 6.07) is -0.723. The van der Waals surface area contributed by atoms with Gasteiger partial charge in [0.15, 0.2) is 0 Å². The summed E-state index contributed by atoms with van der Waals surface area (Å²) < 4.78 is 0. The summed E-state index contributed by atoms with van der Waals surface area (Å²) in [6.07, 6.45) is 4.08. The van der Waals surface area contributed by atoms with Crippen molar-refractivity contribution in [1.29, 1.82) is 0 Å². The number of nitrogens with one attached hydrogen (secondary N) is 1. The lowest BCUT2D eigenvalue weighted by molar-refractivity contribution is -0.138. The zero-order valence-electron chi connectivity index (χ0n) is 8.25. The van der Waals surface area contributed by atoms with E-state index in [2.05, 4.69) is 12.2 Å². The molecular weight excluding hydrogens is 168 g/mol. The highest BCUT2D eigenvalue weighted by molar-refractivity contribution is 5.72. The Hall–Kier alpha value is -0.610. The third-order valence-electron chi connectivity index (χ3n) is 1.91. The molecular formula is C9H20N2O2. The van der Waals surface area contributed by atoms with Crippen LogP contribution in [-0.4, -0.2) is 30.2 Å². The summed E-state index contributed by atoms with van der Waals surface area (Å²) in [4.78, 5) is 10.3. The molecule has 0 aliphatic heterocycles. The lowest BCUT2D eigenvalue weighted by atomic mass is 10.2. The molecule has 0 aromatic rings. The first-order valence-corrected chi connectivity index (χ1v) is 4.87. The van der Waals surface area contributed by atoms with Crippen LogP contribution in [-0.2, 0) is 4.79 Å². The van der Waals surface area contributed by atoms with E-state index in [9.17, 15) is 4.79 Å². The van der Waals surface area contributed by atoms with Crippen LogP contribution in [0.3, 0.4) is 0 Å². The smallest absolute Gasteiger partial charge is 0.320 e. The molecule has 0 bridgehead atoms.